The lowest BCUT2D eigenvalue weighted by molar-refractivity contribution is -0.122. The first-order chi connectivity index (χ1) is 8.15. The maximum Gasteiger partial charge on any atom is 0.137 e. The predicted octanol–water partition coefficient (Wildman–Crippen LogP) is 2.97. The lowest BCUT2D eigenvalue weighted by Crippen LogP contribution is -2.39. The number of halogens is 1. The van der Waals surface area contributed by atoms with E-state index in [0.717, 1.165) is 18.4 Å². The van der Waals surface area contributed by atoms with E-state index in [1.165, 1.54) is 6.42 Å². The smallest absolute Gasteiger partial charge is 0.137 e. The fraction of sp³-hybridized carbons (Fsp3) is 0.500. The zero-order chi connectivity index (χ0) is 12.3. The maximum atomic E-state index is 12.0. The Morgan fingerprint density at radius 2 is 2.06 bits per heavy atom. The molecule has 1 aliphatic carbocycles. The summed E-state index contributed by atoms with van der Waals surface area (Å²) < 4.78 is 0. The first kappa shape index (κ1) is 12.6. The topological polar surface area (TPSA) is 43.1 Å². The van der Waals surface area contributed by atoms with Gasteiger partial charge in [0.15, 0.2) is 0 Å². The zero-order valence-corrected chi connectivity index (χ0v) is 10.7. The molecule has 0 bridgehead atoms. The number of rotatable bonds is 5. The van der Waals surface area contributed by atoms with Crippen molar-refractivity contribution < 1.29 is 4.79 Å². The molecule has 0 atom stereocenters. The Kier molecular flexibility index (Phi) is 3.85. The summed E-state index contributed by atoms with van der Waals surface area (Å²) in [6.07, 6.45) is 4.43. The molecule has 2 rings (SSSR count). The molecule has 1 saturated carbocycles. The SMILES string of the molecule is NCC1(CC(=O)Cc2ccccc2Cl)CCC1. The monoisotopic (exact) mass is 251 g/mol. The van der Waals surface area contributed by atoms with Crippen LogP contribution in [0.5, 0.6) is 0 Å². The van der Waals surface area contributed by atoms with E-state index in [1.807, 2.05) is 24.3 Å². The van der Waals surface area contributed by atoms with Gasteiger partial charge >= 0.3 is 0 Å². The quantitative estimate of drug-likeness (QED) is 0.874. The molecular formula is C14H18ClNO. The van der Waals surface area contributed by atoms with Gasteiger partial charge in [0.05, 0.1) is 0 Å². The highest BCUT2D eigenvalue weighted by Crippen LogP contribution is 2.43. The van der Waals surface area contributed by atoms with Gasteiger partial charge in [-0.15, -0.1) is 0 Å². The van der Waals surface area contributed by atoms with Gasteiger partial charge in [0.2, 0.25) is 0 Å². The van der Waals surface area contributed by atoms with E-state index in [9.17, 15) is 4.79 Å². The summed E-state index contributed by atoms with van der Waals surface area (Å²) in [5.74, 6) is 0.253. The lowest BCUT2D eigenvalue weighted by atomic mass is 9.65. The number of benzene rings is 1. The minimum atomic E-state index is 0.0956. The van der Waals surface area contributed by atoms with Gasteiger partial charge in [0.1, 0.15) is 5.78 Å². The Hall–Kier alpha value is -0.860. The Morgan fingerprint density at radius 3 is 2.59 bits per heavy atom. The molecule has 0 saturated heterocycles. The third-order valence-corrected chi connectivity index (χ3v) is 4.13. The van der Waals surface area contributed by atoms with Crippen molar-refractivity contribution in [3.8, 4) is 0 Å². The Morgan fingerprint density at radius 1 is 1.35 bits per heavy atom. The van der Waals surface area contributed by atoms with E-state index >= 15 is 0 Å². The van der Waals surface area contributed by atoms with Crippen molar-refractivity contribution in [1.29, 1.82) is 0 Å². The Labute approximate surface area is 107 Å². The molecule has 3 heteroatoms. The van der Waals surface area contributed by atoms with E-state index in [1.54, 1.807) is 0 Å². The summed E-state index contributed by atoms with van der Waals surface area (Å²) in [7, 11) is 0. The average molecular weight is 252 g/mol. The second kappa shape index (κ2) is 5.19. The minimum absolute atomic E-state index is 0.0956. The van der Waals surface area contributed by atoms with E-state index in [-0.39, 0.29) is 11.2 Å². The van der Waals surface area contributed by atoms with Gasteiger partial charge < -0.3 is 5.73 Å². The molecule has 2 N–H and O–H groups in total. The van der Waals surface area contributed by atoms with Crippen molar-refractivity contribution in [2.45, 2.75) is 32.1 Å². The van der Waals surface area contributed by atoms with Gasteiger partial charge in [-0.1, -0.05) is 36.2 Å². The van der Waals surface area contributed by atoms with E-state index in [0.29, 0.717) is 24.4 Å². The highest BCUT2D eigenvalue weighted by molar-refractivity contribution is 6.31. The van der Waals surface area contributed by atoms with Crippen molar-refractivity contribution in [1.82, 2.24) is 0 Å². The van der Waals surface area contributed by atoms with E-state index in [2.05, 4.69) is 0 Å². The molecule has 2 nitrogen and oxygen atoms in total. The number of nitrogens with two attached hydrogens (primary N) is 1. The van der Waals surface area contributed by atoms with Crippen molar-refractivity contribution in [2.75, 3.05) is 6.54 Å². The van der Waals surface area contributed by atoms with Crippen LogP contribution in [-0.2, 0) is 11.2 Å². The van der Waals surface area contributed by atoms with Gasteiger partial charge in [-0.2, -0.15) is 0 Å². The molecular weight excluding hydrogens is 234 g/mol. The van der Waals surface area contributed by atoms with Crippen LogP contribution in [-0.4, -0.2) is 12.3 Å². The molecule has 1 fully saturated rings. The van der Waals surface area contributed by atoms with Crippen LogP contribution in [0.1, 0.15) is 31.2 Å². The van der Waals surface area contributed by atoms with Crippen LogP contribution in [0.2, 0.25) is 5.02 Å². The van der Waals surface area contributed by atoms with Crippen LogP contribution in [0.15, 0.2) is 24.3 Å². The molecule has 1 aromatic rings. The third-order valence-electron chi connectivity index (χ3n) is 3.76. The van der Waals surface area contributed by atoms with Crippen LogP contribution in [0.3, 0.4) is 0 Å². The fourth-order valence-electron chi connectivity index (χ4n) is 2.46. The molecule has 0 heterocycles. The number of Topliss-reactive ketones (excluding diaryl/α,β-unsaturated/α-hetero) is 1. The zero-order valence-electron chi connectivity index (χ0n) is 9.92. The van der Waals surface area contributed by atoms with Gasteiger partial charge in [-0.3, -0.25) is 4.79 Å². The maximum absolute atomic E-state index is 12.0. The van der Waals surface area contributed by atoms with Crippen LogP contribution < -0.4 is 5.73 Å². The van der Waals surface area contributed by atoms with Crippen molar-refractivity contribution in [3.63, 3.8) is 0 Å². The normalized spacial score (nSPS) is 17.5. The molecule has 0 radical (unpaired) electrons. The second-order valence-corrected chi connectivity index (χ2v) is 5.45. The fourth-order valence-corrected chi connectivity index (χ4v) is 2.67. The summed E-state index contributed by atoms with van der Waals surface area (Å²) in [6, 6.07) is 7.53. The van der Waals surface area contributed by atoms with E-state index in [4.69, 9.17) is 17.3 Å². The largest absolute Gasteiger partial charge is 0.330 e. The lowest BCUT2D eigenvalue weighted by Gasteiger charge is -2.40. The average Bonchev–Trinajstić information content (AvgIpc) is 2.27. The highest BCUT2D eigenvalue weighted by Gasteiger charge is 2.37. The molecule has 92 valence electrons. The standard InChI is InChI=1S/C14H18ClNO/c15-13-5-2-1-4-11(13)8-12(17)9-14(10-16)6-3-7-14/h1-2,4-5H,3,6-10,16H2. The summed E-state index contributed by atoms with van der Waals surface area (Å²) >= 11 is 6.04. The Bertz CT molecular complexity index is 407. The number of hydrogen-bond donors (Lipinski definition) is 1. The molecule has 0 aliphatic heterocycles. The van der Waals surface area contributed by atoms with Gasteiger partial charge in [0.25, 0.3) is 0 Å². The summed E-state index contributed by atoms with van der Waals surface area (Å²) in [4.78, 5) is 12.0. The Balaban J connectivity index is 1.96. The number of carbonyl (C=O) groups excluding carboxylic acids is 1. The summed E-state index contributed by atoms with van der Waals surface area (Å²) in [5, 5.41) is 0.677. The predicted molar refractivity (Wildman–Crippen MR) is 70.1 cm³/mol. The van der Waals surface area contributed by atoms with Crippen LogP contribution in [0.4, 0.5) is 0 Å². The number of hydrogen-bond acceptors (Lipinski definition) is 2. The van der Waals surface area contributed by atoms with Gasteiger partial charge in [-0.05, 0) is 36.4 Å². The molecule has 1 aliphatic rings. The van der Waals surface area contributed by atoms with Crippen molar-refractivity contribution >= 4 is 17.4 Å². The molecule has 0 aromatic heterocycles. The first-order valence-electron chi connectivity index (χ1n) is 6.10. The summed E-state index contributed by atoms with van der Waals surface area (Å²) in [5.41, 5.74) is 6.78. The minimum Gasteiger partial charge on any atom is -0.330 e. The van der Waals surface area contributed by atoms with Crippen LogP contribution >= 0.6 is 11.6 Å². The number of ketones is 1. The van der Waals surface area contributed by atoms with Crippen molar-refractivity contribution in [2.24, 2.45) is 11.1 Å². The van der Waals surface area contributed by atoms with Crippen LogP contribution in [0, 0.1) is 5.41 Å². The third kappa shape index (κ3) is 2.88. The second-order valence-electron chi connectivity index (χ2n) is 5.04. The summed E-state index contributed by atoms with van der Waals surface area (Å²) in [6.45, 7) is 0.626. The number of carbonyl (C=O) groups is 1. The molecule has 1 aromatic carbocycles. The first-order valence-corrected chi connectivity index (χ1v) is 6.48. The van der Waals surface area contributed by atoms with E-state index < -0.39 is 0 Å². The van der Waals surface area contributed by atoms with Gasteiger partial charge in [-0.25, -0.2) is 0 Å². The molecule has 0 unspecified atom stereocenters. The van der Waals surface area contributed by atoms with Crippen LogP contribution in [0.25, 0.3) is 0 Å². The van der Waals surface area contributed by atoms with Crippen molar-refractivity contribution in [3.05, 3.63) is 34.9 Å². The highest BCUT2D eigenvalue weighted by atomic mass is 35.5. The van der Waals surface area contributed by atoms with Gasteiger partial charge in [0, 0.05) is 17.9 Å². The molecule has 0 amide bonds. The molecule has 17 heavy (non-hydrogen) atoms. The molecule has 0 spiro atoms.